The number of nitrogens with one attached hydrogen (secondary N) is 2. The van der Waals surface area contributed by atoms with E-state index in [0.29, 0.717) is 11.4 Å². The van der Waals surface area contributed by atoms with Crippen molar-refractivity contribution >= 4 is 29.1 Å². The second kappa shape index (κ2) is 7.00. The Kier molecular flexibility index (Phi) is 5.06. The monoisotopic (exact) mass is 321 g/mol. The standard InChI is InChI=1S/C15H16ClN3O3/c1-9(13-3-2-6-22-13)19-14(20)8-18-10-4-5-12(16)11(7-10)15(17)21/h2-7,9,18H,8H2,1H3,(H2,17,21)(H,19,20)/t9-/m0/s1. The maximum Gasteiger partial charge on any atom is 0.250 e. The summed E-state index contributed by atoms with van der Waals surface area (Å²) in [5.41, 5.74) is 6.01. The second-order valence-corrected chi connectivity index (χ2v) is 5.12. The van der Waals surface area contributed by atoms with Crippen LogP contribution < -0.4 is 16.4 Å². The van der Waals surface area contributed by atoms with Crippen LogP contribution in [0.5, 0.6) is 0 Å². The number of hydrogen-bond donors (Lipinski definition) is 3. The zero-order valence-corrected chi connectivity index (χ0v) is 12.7. The van der Waals surface area contributed by atoms with E-state index in [4.69, 9.17) is 21.8 Å². The first-order valence-electron chi connectivity index (χ1n) is 6.63. The van der Waals surface area contributed by atoms with Crippen LogP contribution >= 0.6 is 11.6 Å². The van der Waals surface area contributed by atoms with Crippen molar-refractivity contribution in [1.29, 1.82) is 0 Å². The summed E-state index contributed by atoms with van der Waals surface area (Å²) in [6.07, 6.45) is 1.55. The molecule has 1 aromatic carbocycles. The minimum atomic E-state index is -0.621. The van der Waals surface area contributed by atoms with Gasteiger partial charge in [0, 0.05) is 5.69 Å². The summed E-state index contributed by atoms with van der Waals surface area (Å²) in [5, 5.41) is 5.97. The van der Waals surface area contributed by atoms with E-state index in [1.165, 1.54) is 6.07 Å². The Labute approximate surface area is 132 Å². The molecule has 0 saturated carbocycles. The Balaban J connectivity index is 1.91. The van der Waals surface area contributed by atoms with Crippen molar-refractivity contribution in [3.05, 3.63) is 52.9 Å². The molecule has 0 bridgehead atoms. The van der Waals surface area contributed by atoms with Crippen molar-refractivity contribution in [2.45, 2.75) is 13.0 Å². The average Bonchev–Trinajstić information content (AvgIpc) is 3.00. The van der Waals surface area contributed by atoms with Gasteiger partial charge in [0.2, 0.25) is 11.8 Å². The van der Waals surface area contributed by atoms with Crippen molar-refractivity contribution in [3.8, 4) is 0 Å². The molecular weight excluding hydrogens is 306 g/mol. The number of furan rings is 1. The number of benzene rings is 1. The van der Waals surface area contributed by atoms with Gasteiger partial charge in [-0.1, -0.05) is 11.6 Å². The van der Waals surface area contributed by atoms with E-state index >= 15 is 0 Å². The number of carbonyl (C=O) groups is 2. The zero-order valence-electron chi connectivity index (χ0n) is 11.9. The SMILES string of the molecule is C[C@H](NC(=O)CNc1ccc(Cl)c(C(N)=O)c1)c1ccco1. The van der Waals surface area contributed by atoms with E-state index in [9.17, 15) is 9.59 Å². The van der Waals surface area contributed by atoms with Gasteiger partial charge in [0.15, 0.2) is 0 Å². The molecule has 22 heavy (non-hydrogen) atoms. The molecule has 116 valence electrons. The number of rotatable bonds is 6. The summed E-state index contributed by atoms with van der Waals surface area (Å²) in [5.74, 6) is -0.153. The number of halogens is 1. The quantitative estimate of drug-likeness (QED) is 0.760. The third-order valence-electron chi connectivity index (χ3n) is 3.03. The highest BCUT2D eigenvalue weighted by Crippen LogP contribution is 2.20. The molecule has 4 N–H and O–H groups in total. The highest BCUT2D eigenvalue weighted by molar-refractivity contribution is 6.33. The number of hydrogen-bond acceptors (Lipinski definition) is 4. The van der Waals surface area contributed by atoms with Gasteiger partial charge in [-0.2, -0.15) is 0 Å². The maximum absolute atomic E-state index is 11.9. The Bertz CT molecular complexity index is 671. The van der Waals surface area contributed by atoms with Crippen LogP contribution in [-0.2, 0) is 4.79 Å². The number of carbonyl (C=O) groups excluding carboxylic acids is 2. The van der Waals surface area contributed by atoms with E-state index in [1.54, 1.807) is 30.5 Å². The van der Waals surface area contributed by atoms with Gasteiger partial charge in [-0.15, -0.1) is 0 Å². The topological polar surface area (TPSA) is 97.4 Å². The van der Waals surface area contributed by atoms with Gasteiger partial charge in [0.25, 0.3) is 0 Å². The van der Waals surface area contributed by atoms with Crippen molar-refractivity contribution < 1.29 is 14.0 Å². The fraction of sp³-hybridized carbons (Fsp3) is 0.200. The van der Waals surface area contributed by atoms with Gasteiger partial charge in [-0.3, -0.25) is 9.59 Å². The van der Waals surface area contributed by atoms with Crippen LogP contribution in [0.15, 0.2) is 41.0 Å². The molecule has 1 aromatic heterocycles. The highest BCUT2D eigenvalue weighted by Gasteiger charge is 2.12. The minimum absolute atomic E-state index is 0.0465. The van der Waals surface area contributed by atoms with E-state index in [2.05, 4.69) is 10.6 Å². The van der Waals surface area contributed by atoms with E-state index in [1.807, 2.05) is 6.92 Å². The largest absolute Gasteiger partial charge is 0.467 e. The summed E-state index contributed by atoms with van der Waals surface area (Å²) >= 11 is 5.86. The molecule has 1 atom stereocenters. The van der Waals surface area contributed by atoms with E-state index in [0.717, 1.165) is 0 Å². The van der Waals surface area contributed by atoms with Crippen LogP contribution in [0.3, 0.4) is 0 Å². The minimum Gasteiger partial charge on any atom is -0.467 e. The Hall–Kier alpha value is -2.47. The van der Waals surface area contributed by atoms with Crippen LogP contribution in [0, 0.1) is 0 Å². The molecule has 6 nitrogen and oxygen atoms in total. The number of amides is 2. The normalized spacial score (nSPS) is 11.7. The van der Waals surface area contributed by atoms with E-state index < -0.39 is 5.91 Å². The van der Waals surface area contributed by atoms with Crippen LogP contribution in [0.2, 0.25) is 5.02 Å². The van der Waals surface area contributed by atoms with Crippen molar-refractivity contribution in [2.75, 3.05) is 11.9 Å². The van der Waals surface area contributed by atoms with Crippen molar-refractivity contribution in [1.82, 2.24) is 5.32 Å². The summed E-state index contributed by atoms with van der Waals surface area (Å²) in [4.78, 5) is 23.1. The molecule has 7 heteroatoms. The van der Waals surface area contributed by atoms with Crippen molar-refractivity contribution in [2.24, 2.45) is 5.73 Å². The number of primary amides is 1. The molecule has 0 spiro atoms. The predicted molar refractivity (Wildman–Crippen MR) is 83.7 cm³/mol. The fourth-order valence-electron chi connectivity index (χ4n) is 1.91. The first-order valence-corrected chi connectivity index (χ1v) is 7.01. The van der Waals surface area contributed by atoms with Gasteiger partial charge in [0.05, 0.1) is 29.4 Å². The van der Waals surface area contributed by atoms with Crippen LogP contribution in [0.1, 0.15) is 29.1 Å². The number of nitrogens with two attached hydrogens (primary N) is 1. The van der Waals surface area contributed by atoms with Gasteiger partial charge in [-0.25, -0.2) is 0 Å². The third-order valence-corrected chi connectivity index (χ3v) is 3.36. The first kappa shape index (κ1) is 15.9. The molecule has 2 aromatic rings. The zero-order chi connectivity index (χ0) is 16.1. The van der Waals surface area contributed by atoms with Crippen LogP contribution in [0.4, 0.5) is 5.69 Å². The molecule has 1 heterocycles. The summed E-state index contributed by atoms with van der Waals surface area (Å²) in [6.45, 7) is 1.87. The highest BCUT2D eigenvalue weighted by atomic mass is 35.5. The van der Waals surface area contributed by atoms with Crippen molar-refractivity contribution in [3.63, 3.8) is 0 Å². The molecule has 0 aliphatic rings. The molecule has 0 radical (unpaired) electrons. The predicted octanol–water partition coefficient (Wildman–Crippen LogP) is 2.32. The van der Waals surface area contributed by atoms with Crippen LogP contribution in [0.25, 0.3) is 0 Å². The Morgan fingerprint density at radius 1 is 1.36 bits per heavy atom. The summed E-state index contributed by atoms with van der Waals surface area (Å²) in [7, 11) is 0. The van der Waals surface area contributed by atoms with Crippen LogP contribution in [-0.4, -0.2) is 18.4 Å². The average molecular weight is 322 g/mol. The third kappa shape index (κ3) is 4.02. The number of anilines is 1. The lowest BCUT2D eigenvalue weighted by molar-refractivity contribution is -0.120. The first-order chi connectivity index (χ1) is 10.5. The maximum atomic E-state index is 11.9. The molecule has 2 rings (SSSR count). The summed E-state index contributed by atoms with van der Waals surface area (Å²) in [6, 6.07) is 8.04. The molecule has 0 aliphatic carbocycles. The Morgan fingerprint density at radius 3 is 2.77 bits per heavy atom. The van der Waals surface area contributed by atoms with Gasteiger partial charge in [-0.05, 0) is 37.3 Å². The molecular formula is C15H16ClN3O3. The lowest BCUT2D eigenvalue weighted by Gasteiger charge is -2.13. The second-order valence-electron chi connectivity index (χ2n) is 4.72. The lowest BCUT2D eigenvalue weighted by Crippen LogP contribution is -2.31. The molecule has 0 saturated heterocycles. The Morgan fingerprint density at radius 2 is 2.14 bits per heavy atom. The molecule has 0 fully saturated rings. The molecule has 0 aliphatic heterocycles. The smallest absolute Gasteiger partial charge is 0.250 e. The van der Waals surface area contributed by atoms with E-state index in [-0.39, 0.29) is 29.1 Å². The van der Waals surface area contributed by atoms with Gasteiger partial charge < -0.3 is 20.8 Å². The van der Waals surface area contributed by atoms with Gasteiger partial charge in [0.1, 0.15) is 5.76 Å². The lowest BCUT2D eigenvalue weighted by atomic mass is 10.2. The van der Waals surface area contributed by atoms with Gasteiger partial charge >= 0.3 is 0 Å². The fourth-order valence-corrected chi connectivity index (χ4v) is 2.12. The molecule has 2 amide bonds. The molecule has 0 unspecified atom stereocenters. The summed E-state index contributed by atoms with van der Waals surface area (Å²) < 4.78 is 5.21.